The first-order valence-corrected chi connectivity index (χ1v) is 6.24. The second kappa shape index (κ2) is 6.50. The van der Waals surface area contributed by atoms with Crippen LogP contribution in [0.5, 0.6) is 0 Å². The van der Waals surface area contributed by atoms with Gasteiger partial charge < -0.3 is 9.84 Å². The van der Waals surface area contributed by atoms with Gasteiger partial charge in [-0.2, -0.15) is 0 Å². The Kier molecular flexibility index (Phi) is 5.60. The molecule has 17 heavy (non-hydrogen) atoms. The van der Waals surface area contributed by atoms with Gasteiger partial charge in [0, 0.05) is 22.0 Å². The Balaban J connectivity index is 3.02. The third-order valence-electron chi connectivity index (χ3n) is 2.34. The molecule has 1 N–H and O–H groups in total. The van der Waals surface area contributed by atoms with Crippen molar-refractivity contribution < 1.29 is 9.84 Å². The predicted octanol–water partition coefficient (Wildman–Crippen LogP) is 3.97. The molecule has 0 heterocycles. The number of methoxy groups -OCH3 is 1. The summed E-state index contributed by atoms with van der Waals surface area (Å²) in [6, 6.07) is 4.92. The van der Waals surface area contributed by atoms with Crippen molar-refractivity contribution in [1.82, 2.24) is 0 Å². The van der Waals surface area contributed by atoms with E-state index < -0.39 is 5.60 Å². The van der Waals surface area contributed by atoms with E-state index in [0.29, 0.717) is 22.0 Å². The number of aliphatic hydroxyl groups is 1. The fourth-order valence-corrected chi connectivity index (χ4v) is 2.28. The molecule has 1 unspecified atom stereocenters. The molecule has 0 aliphatic heterocycles. The lowest BCUT2D eigenvalue weighted by Crippen LogP contribution is -2.27. The zero-order valence-electron chi connectivity index (χ0n) is 9.29. The molecule has 0 spiro atoms. The van der Waals surface area contributed by atoms with Crippen molar-refractivity contribution in [3.05, 3.63) is 46.1 Å². The molecule has 0 aliphatic carbocycles. The van der Waals surface area contributed by atoms with E-state index in [1.807, 2.05) is 0 Å². The maximum atomic E-state index is 10.4. The standard InChI is InChI=1S/C12H13Cl3O2/c1-17-6-2-5-12(16,8-13)10-4-3-9(14)7-11(10)15/h2-4,6-7,16H,5,8H2,1H3/b6-2+. The Bertz CT molecular complexity index is 407. The molecule has 1 aromatic rings. The van der Waals surface area contributed by atoms with Gasteiger partial charge >= 0.3 is 0 Å². The van der Waals surface area contributed by atoms with Crippen LogP contribution in [-0.2, 0) is 10.3 Å². The van der Waals surface area contributed by atoms with E-state index in [4.69, 9.17) is 39.5 Å². The highest BCUT2D eigenvalue weighted by atomic mass is 35.5. The van der Waals surface area contributed by atoms with Crippen molar-refractivity contribution in [1.29, 1.82) is 0 Å². The van der Waals surface area contributed by atoms with Crippen LogP contribution in [0, 0.1) is 0 Å². The highest BCUT2D eigenvalue weighted by Gasteiger charge is 2.29. The van der Waals surface area contributed by atoms with Crippen LogP contribution in [-0.4, -0.2) is 18.1 Å². The monoisotopic (exact) mass is 294 g/mol. The summed E-state index contributed by atoms with van der Waals surface area (Å²) in [5.41, 5.74) is -0.669. The molecule has 0 fully saturated rings. The SMILES string of the molecule is CO/C=C/CC(O)(CCl)c1ccc(Cl)cc1Cl. The van der Waals surface area contributed by atoms with Crippen LogP contribution in [0.15, 0.2) is 30.5 Å². The van der Waals surface area contributed by atoms with Gasteiger partial charge in [0.2, 0.25) is 0 Å². The maximum absolute atomic E-state index is 10.4. The molecule has 0 saturated carbocycles. The first-order chi connectivity index (χ1) is 8.03. The number of halogens is 3. The second-order valence-corrected chi connectivity index (χ2v) is 4.71. The van der Waals surface area contributed by atoms with Gasteiger partial charge in [0.25, 0.3) is 0 Å². The minimum Gasteiger partial charge on any atom is -0.505 e. The van der Waals surface area contributed by atoms with Gasteiger partial charge in [0.05, 0.1) is 19.3 Å². The summed E-state index contributed by atoms with van der Waals surface area (Å²) in [4.78, 5) is 0. The normalized spacial score (nSPS) is 14.9. The van der Waals surface area contributed by atoms with Gasteiger partial charge in [0.1, 0.15) is 5.60 Å². The van der Waals surface area contributed by atoms with Crippen LogP contribution in [0.2, 0.25) is 10.0 Å². The quantitative estimate of drug-likeness (QED) is 0.658. The highest BCUT2D eigenvalue weighted by Crippen LogP contribution is 2.34. The van der Waals surface area contributed by atoms with Gasteiger partial charge in [-0.25, -0.2) is 0 Å². The van der Waals surface area contributed by atoms with E-state index in [1.54, 1.807) is 24.3 Å². The molecule has 0 bridgehead atoms. The number of benzene rings is 1. The lowest BCUT2D eigenvalue weighted by molar-refractivity contribution is 0.0638. The Labute approximate surface area is 116 Å². The molecule has 1 rings (SSSR count). The first-order valence-electron chi connectivity index (χ1n) is 4.95. The molecule has 94 valence electrons. The molecule has 0 aromatic heterocycles. The number of ether oxygens (including phenoxy) is 1. The third-order valence-corrected chi connectivity index (χ3v) is 3.33. The molecular formula is C12H13Cl3O2. The lowest BCUT2D eigenvalue weighted by Gasteiger charge is -2.26. The van der Waals surface area contributed by atoms with Crippen molar-refractivity contribution in [2.45, 2.75) is 12.0 Å². The zero-order valence-corrected chi connectivity index (χ0v) is 11.6. The smallest absolute Gasteiger partial charge is 0.108 e. The molecule has 0 aliphatic rings. The van der Waals surface area contributed by atoms with Crippen LogP contribution in [0.3, 0.4) is 0 Å². The fraction of sp³-hybridized carbons (Fsp3) is 0.333. The maximum Gasteiger partial charge on any atom is 0.108 e. The molecule has 5 heteroatoms. The number of hydrogen-bond donors (Lipinski definition) is 1. The summed E-state index contributed by atoms with van der Waals surface area (Å²) >= 11 is 17.7. The van der Waals surface area contributed by atoms with Crippen molar-refractivity contribution in [2.24, 2.45) is 0 Å². The van der Waals surface area contributed by atoms with Gasteiger partial charge in [-0.05, 0) is 18.2 Å². The summed E-state index contributed by atoms with van der Waals surface area (Å²) in [6.07, 6.45) is 3.49. The summed E-state index contributed by atoms with van der Waals surface area (Å²) in [7, 11) is 1.53. The van der Waals surface area contributed by atoms with Gasteiger partial charge in [0.15, 0.2) is 0 Å². The number of hydrogen-bond acceptors (Lipinski definition) is 2. The average Bonchev–Trinajstić information content (AvgIpc) is 2.29. The van der Waals surface area contributed by atoms with Gasteiger partial charge in [-0.3, -0.25) is 0 Å². The minimum atomic E-state index is -1.22. The van der Waals surface area contributed by atoms with E-state index in [9.17, 15) is 5.11 Å². The van der Waals surface area contributed by atoms with E-state index in [-0.39, 0.29) is 5.88 Å². The zero-order chi connectivity index (χ0) is 12.9. The van der Waals surface area contributed by atoms with E-state index >= 15 is 0 Å². The van der Waals surface area contributed by atoms with Crippen molar-refractivity contribution in [3.8, 4) is 0 Å². The molecule has 2 nitrogen and oxygen atoms in total. The van der Waals surface area contributed by atoms with E-state index in [2.05, 4.69) is 0 Å². The Morgan fingerprint density at radius 1 is 1.41 bits per heavy atom. The van der Waals surface area contributed by atoms with Crippen molar-refractivity contribution >= 4 is 34.8 Å². The summed E-state index contributed by atoms with van der Waals surface area (Å²) in [5.74, 6) is 0.0302. The van der Waals surface area contributed by atoms with Crippen LogP contribution in [0.4, 0.5) is 0 Å². The Morgan fingerprint density at radius 2 is 2.12 bits per heavy atom. The molecule has 0 amide bonds. The molecular weight excluding hydrogens is 282 g/mol. The lowest BCUT2D eigenvalue weighted by atomic mass is 9.92. The van der Waals surface area contributed by atoms with E-state index in [0.717, 1.165) is 0 Å². The third kappa shape index (κ3) is 3.78. The molecule has 1 atom stereocenters. The molecule has 0 saturated heterocycles. The summed E-state index contributed by atoms with van der Waals surface area (Å²) in [6.45, 7) is 0. The number of rotatable bonds is 5. The molecule has 1 aromatic carbocycles. The average molecular weight is 296 g/mol. The van der Waals surface area contributed by atoms with Gasteiger partial charge in [-0.15, -0.1) is 11.6 Å². The Morgan fingerprint density at radius 3 is 2.65 bits per heavy atom. The predicted molar refractivity (Wildman–Crippen MR) is 71.8 cm³/mol. The second-order valence-electron chi connectivity index (χ2n) is 3.60. The van der Waals surface area contributed by atoms with Crippen LogP contribution in [0.1, 0.15) is 12.0 Å². The van der Waals surface area contributed by atoms with Crippen LogP contribution < -0.4 is 0 Å². The first kappa shape index (κ1) is 14.7. The van der Waals surface area contributed by atoms with Gasteiger partial charge in [-0.1, -0.05) is 29.3 Å². The minimum absolute atomic E-state index is 0.0302. The highest BCUT2D eigenvalue weighted by molar-refractivity contribution is 6.35. The van der Waals surface area contributed by atoms with Crippen LogP contribution >= 0.6 is 34.8 Å². The van der Waals surface area contributed by atoms with Crippen molar-refractivity contribution in [3.63, 3.8) is 0 Å². The summed E-state index contributed by atoms with van der Waals surface area (Å²) < 4.78 is 4.78. The van der Waals surface area contributed by atoms with Crippen molar-refractivity contribution in [2.75, 3.05) is 13.0 Å². The molecule has 0 radical (unpaired) electrons. The fourth-order valence-electron chi connectivity index (χ4n) is 1.44. The largest absolute Gasteiger partial charge is 0.505 e. The summed E-state index contributed by atoms with van der Waals surface area (Å²) in [5, 5.41) is 11.3. The number of alkyl halides is 1. The Hall–Kier alpha value is -0.410. The topological polar surface area (TPSA) is 29.5 Å². The van der Waals surface area contributed by atoms with Crippen LogP contribution in [0.25, 0.3) is 0 Å². The van der Waals surface area contributed by atoms with E-state index in [1.165, 1.54) is 13.4 Å².